The summed E-state index contributed by atoms with van der Waals surface area (Å²) in [4.78, 5) is 34.1. The van der Waals surface area contributed by atoms with Crippen molar-refractivity contribution in [3.05, 3.63) is 0 Å². The lowest BCUT2D eigenvalue weighted by Crippen LogP contribution is -2.50. The van der Waals surface area contributed by atoms with E-state index in [1.165, 1.54) is 6.92 Å². The minimum absolute atomic E-state index is 0.00948. The van der Waals surface area contributed by atoms with Gasteiger partial charge in [-0.1, -0.05) is 27.2 Å². The first-order valence-electron chi connectivity index (χ1n) is 6.62. The van der Waals surface area contributed by atoms with Gasteiger partial charge in [0.05, 0.1) is 0 Å². The van der Waals surface area contributed by atoms with Crippen molar-refractivity contribution < 1.29 is 19.1 Å². The highest BCUT2D eigenvalue weighted by Crippen LogP contribution is 2.07. The normalized spacial score (nSPS) is 13.3. The summed E-state index contributed by atoms with van der Waals surface area (Å²) >= 11 is 0. The van der Waals surface area contributed by atoms with Crippen LogP contribution in [0.5, 0.6) is 0 Å². The van der Waals surface area contributed by atoms with E-state index < -0.39 is 6.04 Å². The van der Waals surface area contributed by atoms with E-state index in [2.05, 4.69) is 10.6 Å². The van der Waals surface area contributed by atoms with Crippen LogP contribution in [0.25, 0.3) is 0 Å². The van der Waals surface area contributed by atoms with Gasteiger partial charge in [0.25, 0.3) is 0 Å². The van der Waals surface area contributed by atoms with E-state index in [4.69, 9.17) is 4.74 Å². The van der Waals surface area contributed by atoms with E-state index in [1.807, 2.05) is 20.8 Å². The van der Waals surface area contributed by atoms with Crippen LogP contribution in [0, 0.1) is 5.92 Å². The zero-order valence-corrected chi connectivity index (χ0v) is 12.1. The largest absolute Gasteiger partial charge is 0.444 e. The molecule has 0 heterocycles. The molecule has 0 rings (SSSR count). The molecule has 0 fully saturated rings. The van der Waals surface area contributed by atoms with Gasteiger partial charge in [0, 0.05) is 13.3 Å². The number of hydrogen-bond donors (Lipinski definition) is 2. The maximum Gasteiger partial charge on any atom is 0.307 e. The molecule has 0 aromatic heterocycles. The third-order valence-electron chi connectivity index (χ3n) is 2.79. The van der Waals surface area contributed by atoms with Crippen LogP contribution < -0.4 is 10.6 Å². The van der Waals surface area contributed by atoms with Gasteiger partial charge in [0.15, 0.2) is 6.73 Å². The van der Waals surface area contributed by atoms with E-state index in [1.54, 1.807) is 0 Å². The molecule has 0 aliphatic rings. The summed E-state index contributed by atoms with van der Waals surface area (Å²) in [6.45, 7) is 6.89. The number of rotatable bonds is 8. The predicted octanol–water partition coefficient (Wildman–Crippen LogP) is 0.954. The molecule has 0 radical (unpaired) electrons. The highest BCUT2D eigenvalue weighted by atomic mass is 16.5. The second-order valence-electron chi connectivity index (χ2n) is 4.52. The van der Waals surface area contributed by atoms with Gasteiger partial charge in [-0.15, -0.1) is 0 Å². The number of nitrogens with one attached hydrogen (secondary N) is 2. The zero-order chi connectivity index (χ0) is 14.8. The number of ether oxygens (including phenoxy) is 1. The lowest BCUT2D eigenvalue weighted by Gasteiger charge is -2.22. The number of amides is 2. The SMILES string of the molecule is CCCC(=O)OCNC(=O)[C@@H](NC(C)=O)[C@@H](C)CC. The Balaban J connectivity index is 4.25. The van der Waals surface area contributed by atoms with Gasteiger partial charge in [-0.2, -0.15) is 0 Å². The number of hydrogen-bond acceptors (Lipinski definition) is 4. The summed E-state index contributed by atoms with van der Waals surface area (Å²) in [5, 5.41) is 5.10. The topological polar surface area (TPSA) is 84.5 Å². The van der Waals surface area contributed by atoms with E-state index >= 15 is 0 Å². The molecular weight excluding hydrogens is 248 g/mol. The van der Waals surface area contributed by atoms with Crippen LogP contribution in [0.1, 0.15) is 47.0 Å². The lowest BCUT2D eigenvalue weighted by molar-refractivity contribution is -0.146. The lowest BCUT2D eigenvalue weighted by atomic mass is 9.98. The first kappa shape index (κ1) is 17.4. The Kier molecular flexibility index (Phi) is 8.57. The van der Waals surface area contributed by atoms with Crippen LogP contribution in [0.3, 0.4) is 0 Å². The monoisotopic (exact) mass is 272 g/mol. The highest BCUT2D eigenvalue weighted by molar-refractivity contribution is 5.87. The Hall–Kier alpha value is -1.59. The van der Waals surface area contributed by atoms with Crippen molar-refractivity contribution >= 4 is 17.8 Å². The zero-order valence-electron chi connectivity index (χ0n) is 12.1. The van der Waals surface area contributed by atoms with Gasteiger partial charge in [0.1, 0.15) is 6.04 Å². The average molecular weight is 272 g/mol. The molecule has 0 saturated carbocycles. The van der Waals surface area contributed by atoms with Crippen molar-refractivity contribution in [3.8, 4) is 0 Å². The molecule has 2 N–H and O–H groups in total. The van der Waals surface area contributed by atoms with Crippen molar-refractivity contribution in [1.29, 1.82) is 0 Å². The molecule has 19 heavy (non-hydrogen) atoms. The van der Waals surface area contributed by atoms with Gasteiger partial charge >= 0.3 is 5.97 Å². The first-order chi connectivity index (χ1) is 8.92. The predicted molar refractivity (Wildman–Crippen MR) is 71.1 cm³/mol. The van der Waals surface area contributed by atoms with E-state index in [9.17, 15) is 14.4 Å². The van der Waals surface area contributed by atoms with Crippen molar-refractivity contribution in [1.82, 2.24) is 10.6 Å². The Bertz CT molecular complexity index is 318. The van der Waals surface area contributed by atoms with Crippen LogP contribution in [0.2, 0.25) is 0 Å². The second kappa shape index (κ2) is 9.35. The molecule has 0 aliphatic heterocycles. The van der Waals surface area contributed by atoms with Crippen molar-refractivity contribution in [2.24, 2.45) is 5.92 Å². The van der Waals surface area contributed by atoms with Crippen LogP contribution in [0.15, 0.2) is 0 Å². The summed E-state index contributed by atoms with van der Waals surface area (Å²) in [6, 6.07) is -0.604. The average Bonchev–Trinajstić information content (AvgIpc) is 2.35. The third-order valence-corrected chi connectivity index (χ3v) is 2.79. The Morgan fingerprint density at radius 3 is 2.32 bits per heavy atom. The molecule has 2 atom stereocenters. The molecule has 2 amide bonds. The van der Waals surface area contributed by atoms with Crippen LogP contribution in [0.4, 0.5) is 0 Å². The molecule has 0 spiro atoms. The highest BCUT2D eigenvalue weighted by Gasteiger charge is 2.24. The van der Waals surface area contributed by atoms with Crippen LogP contribution >= 0.6 is 0 Å². The number of carbonyl (C=O) groups is 3. The summed E-state index contributed by atoms with van der Waals surface area (Å²) in [6.07, 6.45) is 1.79. The molecule has 6 nitrogen and oxygen atoms in total. The molecule has 0 aromatic rings. The standard InChI is InChI=1S/C13H24N2O4/c1-5-7-11(17)19-8-14-13(18)12(9(3)6-2)15-10(4)16/h9,12H,5-8H2,1-4H3,(H,14,18)(H,15,16)/t9-,12-/m0/s1. The Morgan fingerprint density at radius 1 is 1.21 bits per heavy atom. The first-order valence-corrected chi connectivity index (χ1v) is 6.62. The minimum atomic E-state index is -0.604. The number of esters is 1. The van der Waals surface area contributed by atoms with Crippen molar-refractivity contribution in [2.45, 2.75) is 53.0 Å². The Morgan fingerprint density at radius 2 is 1.84 bits per heavy atom. The van der Waals surface area contributed by atoms with Gasteiger partial charge < -0.3 is 15.4 Å². The quantitative estimate of drug-likeness (QED) is 0.509. The molecule has 0 aliphatic carbocycles. The van der Waals surface area contributed by atoms with Crippen LogP contribution in [-0.2, 0) is 19.1 Å². The molecule has 0 saturated heterocycles. The summed E-state index contributed by atoms with van der Waals surface area (Å²) in [5.74, 6) is -0.935. The molecule has 0 unspecified atom stereocenters. The molecule has 6 heteroatoms. The summed E-state index contributed by atoms with van der Waals surface area (Å²) in [7, 11) is 0. The second-order valence-corrected chi connectivity index (χ2v) is 4.52. The molecular formula is C13H24N2O4. The van der Waals surface area contributed by atoms with Gasteiger partial charge in [-0.3, -0.25) is 14.4 Å². The van der Waals surface area contributed by atoms with Crippen molar-refractivity contribution in [3.63, 3.8) is 0 Å². The van der Waals surface area contributed by atoms with E-state index in [0.29, 0.717) is 12.8 Å². The third kappa shape index (κ3) is 7.43. The summed E-state index contributed by atoms with van der Waals surface area (Å²) < 4.78 is 4.84. The fraction of sp³-hybridized carbons (Fsp3) is 0.769. The van der Waals surface area contributed by atoms with E-state index in [-0.39, 0.29) is 30.4 Å². The fourth-order valence-corrected chi connectivity index (χ4v) is 1.49. The maximum absolute atomic E-state index is 11.9. The van der Waals surface area contributed by atoms with E-state index in [0.717, 1.165) is 6.42 Å². The fourth-order valence-electron chi connectivity index (χ4n) is 1.49. The van der Waals surface area contributed by atoms with Gasteiger partial charge in [-0.05, 0) is 12.3 Å². The van der Waals surface area contributed by atoms with Gasteiger partial charge in [-0.25, -0.2) is 0 Å². The number of carbonyl (C=O) groups excluding carboxylic acids is 3. The van der Waals surface area contributed by atoms with Crippen LogP contribution in [-0.4, -0.2) is 30.6 Å². The summed E-state index contributed by atoms with van der Waals surface area (Å²) in [5.41, 5.74) is 0. The van der Waals surface area contributed by atoms with Gasteiger partial charge in [0.2, 0.25) is 11.8 Å². The molecule has 110 valence electrons. The van der Waals surface area contributed by atoms with Crippen molar-refractivity contribution in [2.75, 3.05) is 6.73 Å². The smallest absolute Gasteiger partial charge is 0.307 e. The molecule has 0 bridgehead atoms. The minimum Gasteiger partial charge on any atom is -0.444 e. The maximum atomic E-state index is 11.9. The Labute approximate surface area is 114 Å². The molecule has 0 aromatic carbocycles.